The van der Waals surface area contributed by atoms with Gasteiger partial charge in [-0.15, -0.1) is 0 Å². The van der Waals surface area contributed by atoms with Gasteiger partial charge in [0.25, 0.3) is 0 Å². The van der Waals surface area contributed by atoms with Gasteiger partial charge in [0.15, 0.2) is 0 Å². The summed E-state index contributed by atoms with van der Waals surface area (Å²) in [6.07, 6.45) is -0.291. The highest BCUT2D eigenvalue weighted by Crippen LogP contribution is 2.14. The molecule has 0 bridgehead atoms. The maximum absolute atomic E-state index is 11.8. The molecule has 0 fully saturated rings. The van der Waals surface area contributed by atoms with Gasteiger partial charge in [0.1, 0.15) is 6.61 Å². The third-order valence-electron chi connectivity index (χ3n) is 1.98. The van der Waals surface area contributed by atoms with Crippen molar-refractivity contribution in [2.45, 2.75) is 32.1 Å². The largest absolute Gasteiger partial charge is 0.411 e. The summed E-state index contributed by atoms with van der Waals surface area (Å²) in [4.78, 5) is 4.09. The van der Waals surface area contributed by atoms with Gasteiger partial charge in [-0.2, -0.15) is 13.2 Å². The summed E-state index contributed by atoms with van der Waals surface area (Å²) < 4.78 is 41.5. The van der Waals surface area contributed by atoms with Gasteiger partial charge in [-0.05, 0) is 6.92 Å². The molecule has 4 nitrogen and oxygen atoms in total. The van der Waals surface area contributed by atoms with Crippen LogP contribution in [0.2, 0.25) is 0 Å². The van der Waals surface area contributed by atoms with Crippen molar-refractivity contribution in [3.63, 3.8) is 0 Å². The Morgan fingerprint density at radius 1 is 1.53 bits per heavy atom. The first-order chi connectivity index (χ1) is 7.87. The SMILES string of the molecule is CC(N)Cc1cn(CCOCC(F)(F)F)cn1. The number of nitrogens with two attached hydrogens (primary N) is 1. The number of rotatable bonds is 6. The van der Waals surface area contributed by atoms with E-state index in [1.165, 1.54) is 0 Å². The molecule has 0 aliphatic rings. The maximum atomic E-state index is 11.8. The second kappa shape index (κ2) is 6.02. The normalized spacial score (nSPS) is 13.9. The van der Waals surface area contributed by atoms with Crippen LogP contribution in [-0.2, 0) is 17.7 Å². The minimum Gasteiger partial charge on any atom is -0.370 e. The Hall–Kier alpha value is -1.08. The van der Waals surface area contributed by atoms with Gasteiger partial charge in [-0.1, -0.05) is 0 Å². The van der Waals surface area contributed by atoms with Gasteiger partial charge >= 0.3 is 6.18 Å². The fourth-order valence-corrected chi connectivity index (χ4v) is 1.32. The Kier molecular flexibility index (Phi) is 4.95. The molecule has 98 valence electrons. The summed E-state index contributed by atoms with van der Waals surface area (Å²) >= 11 is 0. The monoisotopic (exact) mass is 251 g/mol. The first kappa shape index (κ1) is 14.0. The molecule has 17 heavy (non-hydrogen) atoms. The first-order valence-electron chi connectivity index (χ1n) is 5.27. The van der Waals surface area contributed by atoms with Crippen LogP contribution in [0.5, 0.6) is 0 Å². The molecular formula is C10H16F3N3O. The van der Waals surface area contributed by atoms with E-state index in [-0.39, 0.29) is 12.6 Å². The second-order valence-corrected chi connectivity index (χ2v) is 3.95. The van der Waals surface area contributed by atoms with Crippen LogP contribution in [0.3, 0.4) is 0 Å². The smallest absolute Gasteiger partial charge is 0.370 e. The predicted octanol–water partition coefficient (Wildman–Crippen LogP) is 1.35. The molecule has 1 unspecified atom stereocenters. The highest BCUT2D eigenvalue weighted by atomic mass is 19.4. The van der Waals surface area contributed by atoms with E-state index in [4.69, 9.17) is 5.73 Å². The molecule has 0 radical (unpaired) electrons. The van der Waals surface area contributed by atoms with Crippen LogP contribution in [0.25, 0.3) is 0 Å². The number of hydrogen-bond acceptors (Lipinski definition) is 3. The third-order valence-corrected chi connectivity index (χ3v) is 1.98. The fourth-order valence-electron chi connectivity index (χ4n) is 1.32. The first-order valence-corrected chi connectivity index (χ1v) is 5.27. The van der Waals surface area contributed by atoms with Gasteiger partial charge in [0, 0.05) is 25.2 Å². The van der Waals surface area contributed by atoms with Crippen LogP contribution in [0, 0.1) is 0 Å². The van der Waals surface area contributed by atoms with Gasteiger partial charge in [-0.25, -0.2) is 4.98 Å². The van der Waals surface area contributed by atoms with Crippen molar-refractivity contribution in [1.29, 1.82) is 0 Å². The number of nitrogens with zero attached hydrogens (tertiary/aromatic N) is 2. The minimum atomic E-state index is -4.27. The number of aromatic nitrogens is 2. The standard InChI is InChI=1S/C10H16F3N3O/c1-8(14)4-9-5-16(7-15-9)2-3-17-6-10(11,12)13/h5,7-8H,2-4,6,14H2,1H3. The fraction of sp³-hybridized carbons (Fsp3) is 0.700. The maximum Gasteiger partial charge on any atom is 0.411 e. The summed E-state index contributed by atoms with van der Waals surface area (Å²) in [7, 11) is 0. The number of imidazole rings is 1. The molecular weight excluding hydrogens is 235 g/mol. The topological polar surface area (TPSA) is 53.1 Å². The molecule has 1 heterocycles. The lowest BCUT2D eigenvalue weighted by atomic mass is 10.2. The van der Waals surface area contributed by atoms with Crippen molar-refractivity contribution < 1.29 is 17.9 Å². The Bertz CT molecular complexity index is 336. The molecule has 0 spiro atoms. The Balaban J connectivity index is 2.25. The summed E-state index contributed by atoms with van der Waals surface area (Å²) in [6.45, 7) is 1.01. The van der Waals surface area contributed by atoms with Crippen LogP contribution in [0.1, 0.15) is 12.6 Å². The summed E-state index contributed by atoms with van der Waals surface area (Å²) in [5.41, 5.74) is 6.43. The molecule has 0 amide bonds. The van der Waals surface area contributed by atoms with Crippen LogP contribution in [0.4, 0.5) is 13.2 Å². The van der Waals surface area contributed by atoms with E-state index in [1.54, 1.807) is 17.1 Å². The van der Waals surface area contributed by atoms with Crippen LogP contribution < -0.4 is 5.73 Å². The zero-order valence-electron chi connectivity index (χ0n) is 9.57. The zero-order valence-corrected chi connectivity index (χ0v) is 9.57. The van der Waals surface area contributed by atoms with Crippen LogP contribution in [-0.4, -0.2) is 35.0 Å². The minimum absolute atomic E-state index is 0.00743. The van der Waals surface area contributed by atoms with Gasteiger partial charge in [0.2, 0.25) is 0 Å². The lowest BCUT2D eigenvalue weighted by Crippen LogP contribution is -2.19. The van der Waals surface area contributed by atoms with Crippen molar-refractivity contribution in [3.05, 3.63) is 18.2 Å². The summed E-state index contributed by atoms with van der Waals surface area (Å²) in [5.74, 6) is 0. The van der Waals surface area contributed by atoms with Crippen molar-refractivity contribution in [1.82, 2.24) is 9.55 Å². The molecule has 0 aliphatic carbocycles. The highest BCUT2D eigenvalue weighted by Gasteiger charge is 2.27. The average molecular weight is 251 g/mol. The van der Waals surface area contributed by atoms with E-state index in [2.05, 4.69) is 9.72 Å². The summed E-state index contributed by atoms with van der Waals surface area (Å²) in [6, 6.07) is 0.0137. The molecule has 0 aliphatic heterocycles. The number of alkyl halides is 3. The van der Waals surface area contributed by atoms with Crippen molar-refractivity contribution in [2.24, 2.45) is 5.73 Å². The van der Waals surface area contributed by atoms with Gasteiger partial charge < -0.3 is 15.0 Å². The molecule has 7 heteroatoms. The average Bonchev–Trinajstić information content (AvgIpc) is 2.58. The van der Waals surface area contributed by atoms with E-state index in [0.717, 1.165) is 5.69 Å². The quantitative estimate of drug-likeness (QED) is 0.776. The van der Waals surface area contributed by atoms with E-state index < -0.39 is 12.8 Å². The number of ether oxygens (including phenoxy) is 1. The molecule has 1 aromatic heterocycles. The Morgan fingerprint density at radius 2 is 2.24 bits per heavy atom. The van der Waals surface area contributed by atoms with Crippen molar-refractivity contribution >= 4 is 0 Å². The Morgan fingerprint density at radius 3 is 2.82 bits per heavy atom. The molecule has 2 N–H and O–H groups in total. The van der Waals surface area contributed by atoms with E-state index >= 15 is 0 Å². The van der Waals surface area contributed by atoms with E-state index in [0.29, 0.717) is 13.0 Å². The molecule has 0 saturated carbocycles. The molecule has 1 atom stereocenters. The van der Waals surface area contributed by atoms with Crippen LogP contribution in [0.15, 0.2) is 12.5 Å². The Labute approximate surface area is 97.6 Å². The molecule has 1 rings (SSSR count). The predicted molar refractivity (Wildman–Crippen MR) is 56.5 cm³/mol. The lowest BCUT2D eigenvalue weighted by Gasteiger charge is -2.07. The second-order valence-electron chi connectivity index (χ2n) is 3.95. The van der Waals surface area contributed by atoms with Gasteiger partial charge in [0.05, 0.1) is 18.6 Å². The third kappa shape index (κ3) is 6.28. The van der Waals surface area contributed by atoms with Crippen molar-refractivity contribution in [2.75, 3.05) is 13.2 Å². The van der Waals surface area contributed by atoms with Crippen LogP contribution >= 0.6 is 0 Å². The number of hydrogen-bond donors (Lipinski definition) is 1. The highest BCUT2D eigenvalue weighted by molar-refractivity contribution is 4.98. The zero-order chi connectivity index (χ0) is 12.9. The molecule has 1 aromatic rings. The van der Waals surface area contributed by atoms with Gasteiger partial charge in [-0.3, -0.25) is 0 Å². The molecule has 0 saturated heterocycles. The van der Waals surface area contributed by atoms with E-state index in [1.807, 2.05) is 6.92 Å². The number of halogens is 3. The summed E-state index contributed by atoms with van der Waals surface area (Å²) in [5, 5.41) is 0. The van der Waals surface area contributed by atoms with Crippen molar-refractivity contribution in [3.8, 4) is 0 Å². The molecule has 0 aromatic carbocycles. The van der Waals surface area contributed by atoms with E-state index in [9.17, 15) is 13.2 Å². The lowest BCUT2D eigenvalue weighted by molar-refractivity contribution is -0.174.